The van der Waals surface area contributed by atoms with Crippen LogP contribution < -0.4 is 21.7 Å². The molecule has 4 atom stereocenters. The molecule has 0 bridgehead atoms. The first-order chi connectivity index (χ1) is 15.0. The summed E-state index contributed by atoms with van der Waals surface area (Å²) in [6.07, 6.45) is 0.00943. The number of carboxylic acid groups (broad SMARTS) is 1. The summed E-state index contributed by atoms with van der Waals surface area (Å²) in [5.74, 6) is -3.55. The number of aliphatic carboxylic acids is 1. The highest BCUT2D eigenvalue weighted by Crippen LogP contribution is 2.12. The number of carboxylic acids is 1. The van der Waals surface area contributed by atoms with Crippen molar-refractivity contribution in [3.63, 3.8) is 0 Å². The van der Waals surface area contributed by atoms with Gasteiger partial charge in [0.15, 0.2) is 0 Å². The van der Waals surface area contributed by atoms with Crippen LogP contribution in [0.1, 0.15) is 19.4 Å². The lowest BCUT2D eigenvalue weighted by molar-refractivity contribution is -0.141. The highest BCUT2D eigenvalue weighted by Gasteiger charge is 2.30. The number of aromatic hydroxyl groups is 1. The summed E-state index contributed by atoms with van der Waals surface area (Å²) in [4.78, 5) is 49.0. The van der Waals surface area contributed by atoms with Gasteiger partial charge < -0.3 is 31.9 Å². The Bertz CT molecular complexity index is 806. The van der Waals surface area contributed by atoms with E-state index in [4.69, 9.17) is 5.73 Å². The molecular formula is C20H30N4O6S2. The highest BCUT2D eigenvalue weighted by molar-refractivity contribution is 7.80. The molecule has 0 fully saturated rings. The van der Waals surface area contributed by atoms with Crippen LogP contribution in [0.4, 0.5) is 0 Å². The fraction of sp³-hybridized carbons (Fsp3) is 0.500. The summed E-state index contributed by atoms with van der Waals surface area (Å²) in [6.45, 7) is 3.52. The molecule has 178 valence electrons. The number of amides is 3. The second kappa shape index (κ2) is 13.2. The van der Waals surface area contributed by atoms with Crippen LogP contribution in [0.15, 0.2) is 24.3 Å². The van der Waals surface area contributed by atoms with Crippen LogP contribution in [0, 0.1) is 5.92 Å². The van der Waals surface area contributed by atoms with Crippen molar-refractivity contribution in [2.24, 2.45) is 11.7 Å². The van der Waals surface area contributed by atoms with Crippen molar-refractivity contribution in [2.45, 2.75) is 44.4 Å². The maximum absolute atomic E-state index is 12.8. The van der Waals surface area contributed by atoms with E-state index in [-0.39, 0.29) is 29.6 Å². The number of nitrogens with one attached hydrogen (secondary N) is 3. The zero-order valence-corrected chi connectivity index (χ0v) is 19.6. The molecule has 32 heavy (non-hydrogen) atoms. The molecule has 10 nitrogen and oxygen atoms in total. The Hall–Kier alpha value is -2.44. The van der Waals surface area contributed by atoms with Gasteiger partial charge in [-0.1, -0.05) is 26.0 Å². The Morgan fingerprint density at radius 2 is 1.34 bits per heavy atom. The fourth-order valence-electron chi connectivity index (χ4n) is 2.57. The molecule has 0 aliphatic heterocycles. The van der Waals surface area contributed by atoms with Gasteiger partial charge in [-0.15, -0.1) is 0 Å². The lowest BCUT2D eigenvalue weighted by Crippen LogP contribution is -2.58. The first-order valence-corrected chi connectivity index (χ1v) is 11.2. The van der Waals surface area contributed by atoms with E-state index in [1.807, 2.05) is 0 Å². The monoisotopic (exact) mass is 486 g/mol. The first kappa shape index (κ1) is 27.6. The van der Waals surface area contributed by atoms with Crippen LogP contribution in [0.25, 0.3) is 0 Å². The molecule has 0 saturated carbocycles. The van der Waals surface area contributed by atoms with E-state index in [0.717, 1.165) is 0 Å². The van der Waals surface area contributed by atoms with Gasteiger partial charge >= 0.3 is 5.97 Å². The van der Waals surface area contributed by atoms with Crippen molar-refractivity contribution in [3.05, 3.63) is 29.8 Å². The van der Waals surface area contributed by atoms with E-state index in [9.17, 15) is 29.4 Å². The number of thiol groups is 2. The lowest BCUT2D eigenvalue weighted by atomic mass is 10.0. The Kier molecular flexibility index (Phi) is 11.4. The average molecular weight is 487 g/mol. The summed E-state index contributed by atoms with van der Waals surface area (Å²) < 4.78 is 0. The molecule has 1 aromatic rings. The maximum atomic E-state index is 12.8. The smallest absolute Gasteiger partial charge is 0.327 e. The van der Waals surface area contributed by atoms with E-state index in [2.05, 4.69) is 41.2 Å². The highest BCUT2D eigenvalue weighted by atomic mass is 32.1. The van der Waals surface area contributed by atoms with E-state index < -0.39 is 47.9 Å². The minimum absolute atomic E-state index is 0.00943. The fourth-order valence-corrected chi connectivity index (χ4v) is 3.08. The second-order valence-electron chi connectivity index (χ2n) is 7.53. The molecule has 0 aliphatic rings. The van der Waals surface area contributed by atoms with Crippen molar-refractivity contribution in [3.8, 4) is 5.75 Å². The van der Waals surface area contributed by atoms with Crippen LogP contribution in [0.5, 0.6) is 5.75 Å². The van der Waals surface area contributed by atoms with Gasteiger partial charge in [0.1, 0.15) is 23.9 Å². The van der Waals surface area contributed by atoms with Gasteiger partial charge in [0, 0.05) is 17.9 Å². The normalized spacial score (nSPS) is 14.7. The Morgan fingerprint density at radius 3 is 1.81 bits per heavy atom. The molecule has 0 radical (unpaired) electrons. The molecule has 0 saturated heterocycles. The van der Waals surface area contributed by atoms with E-state index in [1.165, 1.54) is 12.1 Å². The summed E-state index contributed by atoms with van der Waals surface area (Å²) >= 11 is 8.02. The quantitative estimate of drug-likeness (QED) is 0.181. The molecule has 0 heterocycles. The predicted octanol–water partition coefficient (Wildman–Crippen LogP) is -0.683. The van der Waals surface area contributed by atoms with Crippen LogP contribution >= 0.6 is 25.3 Å². The number of carbonyl (C=O) groups is 4. The Balaban J connectivity index is 3.02. The molecule has 1 aromatic carbocycles. The first-order valence-electron chi connectivity index (χ1n) is 9.89. The predicted molar refractivity (Wildman–Crippen MR) is 126 cm³/mol. The average Bonchev–Trinajstić information content (AvgIpc) is 2.75. The van der Waals surface area contributed by atoms with Crippen molar-refractivity contribution < 1.29 is 29.4 Å². The van der Waals surface area contributed by atoms with Crippen molar-refractivity contribution in [1.82, 2.24) is 16.0 Å². The van der Waals surface area contributed by atoms with Crippen LogP contribution in [0.3, 0.4) is 0 Å². The maximum Gasteiger partial charge on any atom is 0.327 e. The Morgan fingerprint density at radius 1 is 0.875 bits per heavy atom. The zero-order chi connectivity index (χ0) is 24.4. The minimum atomic E-state index is -1.27. The van der Waals surface area contributed by atoms with Crippen molar-refractivity contribution in [1.29, 1.82) is 0 Å². The minimum Gasteiger partial charge on any atom is -0.508 e. The van der Waals surface area contributed by atoms with Crippen LogP contribution in [-0.2, 0) is 25.6 Å². The SMILES string of the molecule is CC(C)C(N)C(=O)NC(CS)C(=O)NC(Cc1ccc(O)cc1)C(=O)NC(CS)C(=O)O. The molecule has 7 N–H and O–H groups in total. The van der Waals surface area contributed by atoms with Crippen molar-refractivity contribution >= 4 is 48.9 Å². The van der Waals surface area contributed by atoms with Crippen molar-refractivity contribution in [2.75, 3.05) is 11.5 Å². The molecule has 1 rings (SSSR count). The number of nitrogens with two attached hydrogens (primary N) is 1. The number of carbonyl (C=O) groups excluding carboxylic acids is 3. The summed E-state index contributed by atoms with van der Waals surface area (Å²) in [7, 11) is 0. The third-order valence-electron chi connectivity index (χ3n) is 4.64. The summed E-state index contributed by atoms with van der Waals surface area (Å²) in [6, 6.07) is 1.66. The van der Waals surface area contributed by atoms with Gasteiger partial charge in [-0.2, -0.15) is 25.3 Å². The number of hydrogen-bond acceptors (Lipinski definition) is 8. The number of phenolic OH excluding ortho intramolecular Hbond substituents is 1. The zero-order valence-electron chi connectivity index (χ0n) is 17.8. The van der Waals surface area contributed by atoms with E-state index >= 15 is 0 Å². The van der Waals surface area contributed by atoms with Gasteiger partial charge in [0.05, 0.1) is 6.04 Å². The molecule has 4 unspecified atom stereocenters. The largest absolute Gasteiger partial charge is 0.508 e. The van der Waals surface area contributed by atoms with Crippen LogP contribution in [-0.4, -0.2) is 69.6 Å². The molecular weight excluding hydrogens is 456 g/mol. The van der Waals surface area contributed by atoms with Gasteiger partial charge in [0.2, 0.25) is 17.7 Å². The van der Waals surface area contributed by atoms with Crippen LogP contribution in [0.2, 0.25) is 0 Å². The van der Waals surface area contributed by atoms with Gasteiger partial charge in [0.25, 0.3) is 0 Å². The summed E-state index contributed by atoms with van der Waals surface area (Å²) in [5.41, 5.74) is 6.42. The number of phenols is 1. The van der Waals surface area contributed by atoms with E-state index in [0.29, 0.717) is 5.56 Å². The Labute approximate surface area is 197 Å². The molecule has 0 aliphatic carbocycles. The molecule has 0 aromatic heterocycles. The molecule has 3 amide bonds. The van der Waals surface area contributed by atoms with Gasteiger partial charge in [-0.25, -0.2) is 4.79 Å². The van der Waals surface area contributed by atoms with E-state index in [1.54, 1.807) is 26.0 Å². The third kappa shape index (κ3) is 8.60. The number of rotatable bonds is 12. The molecule has 12 heteroatoms. The van der Waals surface area contributed by atoms with Gasteiger partial charge in [-0.05, 0) is 23.6 Å². The number of hydrogen-bond donors (Lipinski definition) is 8. The third-order valence-corrected chi connectivity index (χ3v) is 5.37. The lowest BCUT2D eigenvalue weighted by Gasteiger charge is -2.25. The topological polar surface area (TPSA) is 171 Å². The number of benzene rings is 1. The van der Waals surface area contributed by atoms with Gasteiger partial charge in [-0.3, -0.25) is 14.4 Å². The molecule has 0 spiro atoms. The summed E-state index contributed by atoms with van der Waals surface area (Å²) in [5, 5.41) is 26.0. The standard InChI is InChI=1S/C20H30N4O6S2/c1-10(2)16(21)19(28)23-14(8-31)18(27)22-13(7-11-3-5-12(25)6-4-11)17(26)24-15(9-32)20(29)30/h3-6,10,13-16,25,31-32H,7-9,21H2,1-2H3,(H,22,27)(H,23,28)(H,24,26)(H,29,30). The second-order valence-corrected chi connectivity index (χ2v) is 8.26.